The van der Waals surface area contributed by atoms with Gasteiger partial charge in [-0.25, -0.2) is 0 Å². The molecule has 0 aromatic heterocycles. The van der Waals surface area contributed by atoms with Gasteiger partial charge < -0.3 is 4.90 Å². The van der Waals surface area contributed by atoms with E-state index in [9.17, 15) is 0 Å². The zero-order valence-electron chi connectivity index (χ0n) is 22.1. The van der Waals surface area contributed by atoms with Gasteiger partial charge in [-0.1, -0.05) is 87.8 Å². The second-order valence-electron chi connectivity index (χ2n) is 9.62. The van der Waals surface area contributed by atoms with Crippen molar-refractivity contribution >= 4 is 0 Å². The average molecular weight is 428 g/mol. The predicted octanol–water partition coefficient (Wildman–Crippen LogP) is 9.30. The van der Waals surface area contributed by atoms with Crippen molar-refractivity contribution in [1.82, 2.24) is 4.90 Å². The summed E-state index contributed by atoms with van der Waals surface area (Å²) in [6, 6.07) is 0.726. The molecule has 0 saturated carbocycles. The Morgan fingerprint density at radius 1 is 0.968 bits per heavy atom. The minimum Gasteiger partial charge on any atom is -0.300 e. The predicted molar refractivity (Wildman–Crippen MR) is 144 cm³/mol. The molecule has 2 atom stereocenters. The molecule has 0 N–H and O–H groups in total. The summed E-state index contributed by atoms with van der Waals surface area (Å²) in [5, 5.41) is 0. The third-order valence-electron chi connectivity index (χ3n) is 6.46. The fraction of sp³-hybridized carbons (Fsp3) is 0.667. The van der Waals surface area contributed by atoms with Gasteiger partial charge in [0.25, 0.3) is 0 Å². The Hall–Kier alpha value is -1.34. The largest absolute Gasteiger partial charge is 0.300 e. The molecule has 31 heavy (non-hydrogen) atoms. The molecule has 0 aliphatic carbocycles. The maximum Gasteiger partial charge on any atom is 0.00976 e. The molecule has 0 radical (unpaired) electrons. The van der Waals surface area contributed by atoms with Crippen molar-refractivity contribution in [2.75, 3.05) is 13.1 Å². The molecular formula is C30H53N. The molecule has 178 valence electrons. The molecule has 0 spiro atoms. The SMILES string of the molecule is C=CC(CCC(=C)CCN(CC)C(CCC)CC(C)C)CC/C(C)=C(C)/C=C\C=C\C. The van der Waals surface area contributed by atoms with Gasteiger partial charge in [0, 0.05) is 12.6 Å². The Kier molecular flexibility index (Phi) is 17.5. The van der Waals surface area contributed by atoms with E-state index in [0.717, 1.165) is 44.3 Å². The highest BCUT2D eigenvalue weighted by Gasteiger charge is 2.17. The van der Waals surface area contributed by atoms with Crippen molar-refractivity contribution < 1.29 is 0 Å². The molecule has 1 nitrogen and oxygen atoms in total. The number of hydrogen-bond acceptors (Lipinski definition) is 1. The second kappa shape index (κ2) is 18.3. The van der Waals surface area contributed by atoms with E-state index in [1.54, 1.807) is 0 Å². The summed E-state index contributed by atoms with van der Waals surface area (Å²) in [7, 11) is 0. The Bertz CT molecular complexity index is 575. The van der Waals surface area contributed by atoms with Crippen molar-refractivity contribution in [2.24, 2.45) is 11.8 Å². The van der Waals surface area contributed by atoms with Gasteiger partial charge in [0.2, 0.25) is 0 Å². The second-order valence-corrected chi connectivity index (χ2v) is 9.62. The van der Waals surface area contributed by atoms with Crippen LogP contribution in [0.2, 0.25) is 0 Å². The molecule has 0 aliphatic rings. The minimum atomic E-state index is 0.579. The van der Waals surface area contributed by atoms with Crippen molar-refractivity contribution in [3.05, 3.63) is 60.3 Å². The van der Waals surface area contributed by atoms with E-state index >= 15 is 0 Å². The summed E-state index contributed by atoms with van der Waals surface area (Å²) in [4.78, 5) is 2.69. The van der Waals surface area contributed by atoms with Gasteiger partial charge in [0.15, 0.2) is 0 Å². The maximum absolute atomic E-state index is 4.41. The van der Waals surface area contributed by atoms with Gasteiger partial charge in [0.05, 0.1) is 0 Å². The van der Waals surface area contributed by atoms with Gasteiger partial charge in [-0.05, 0) is 84.1 Å². The van der Waals surface area contributed by atoms with E-state index in [1.807, 2.05) is 6.92 Å². The molecule has 0 bridgehead atoms. The molecule has 0 heterocycles. The highest BCUT2D eigenvalue weighted by Crippen LogP contribution is 2.23. The first-order valence-electron chi connectivity index (χ1n) is 12.8. The Balaban J connectivity index is 4.54. The molecule has 0 saturated heterocycles. The summed E-state index contributed by atoms with van der Waals surface area (Å²) in [5.41, 5.74) is 4.27. The Labute approximate surface area is 196 Å². The van der Waals surface area contributed by atoms with Crippen LogP contribution in [0.1, 0.15) is 99.8 Å². The molecule has 0 aromatic rings. The lowest BCUT2D eigenvalue weighted by Gasteiger charge is -2.32. The van der Waals surface area contributed by atoms with E-state index in [1.165, 1.54) is 48.8 Å². The zero-order valence-corrected chi connectivity index (χ0v) is 22.1. The van der Waals surface area contributed by atoms with Crippen LogP contribution in [0.5, 0.6) is 0 Å². The first-order chi connectivity index (χ1) is 14.8. The number of allylic oxidation sites excluding steroid dienone is 7. The lowest BCUT2D eigenvalue weighted by Crippen LogP contribution is -2.37. The molecular weight excluding hydrogens is 374 g/mol. The monoisotopic (exact) mass is 427 g/mol. The van der Waals surface area contributed by atoms with Crippen molar-refractivity contribution in [3.63, 3.8) is 0 Å². The van der Waals surface area contributed by atoms with Crippen LogP contribution in [0.15, 0.2) is 60.3 Å². The van der Waals surface area contributed by atoms with E-state index in [2.05, 4.69) is 90.0 Å². The molecule has 0 amide bonds. The van der Waals surface area contributed by atoms with Crippen LogP contribution < -0.4 is 0 Å². The summed E-state index contributed by atoms with van der Waals surface area (Å²) < 4.78 is 0. The van der Waals surface area contributed by atoms with Gasteiger partial charge in [0.1, 0.15) is 0 Å². The maximum atomic E-state index is 4.41. The molecule has 0 aliphatic heterocycles. The fourth-order valence-electron chi connectivity index (χ4n) is 4.17. The number of nitrogens with zero attached hydrogens (tertiary/aromatic N) is 1. The molecule has 1 heteroatoms. The van der Waals surface area contributed by atoms with Gasteiger partial charge >= 0.3 is 0 Å². The molecule has 0 fully saturated rings. The summed E-state index contributed by atoms with van der Waals surface area (Å²) >= 11 is 0. The van der Waals surface area contributed by atoms with Crippen LogP contribution in [0.4, 0.5) is 0 Å². The lowest BCUT2D eigenvalue weighted by molar-refractivity contribution is 0.172. The van der Waals surface area contributed by atoms with E-state index in [4.69, 9.17) is 0 Å². The number of hydrogen-bond donors (Lipinski definition) is 0. The Morgan fingerprint density at radius 2 is 1.65 bits per heavy atom. The fourth-order valence-corrected chi connectivity index (χ4v) is 4.17. The zero-order chi connectivity index (χ0) is 23.6. The molecule has 0 aromatic carbocycles. The van der Waals surface area contributed by atoms with Crippen molar-refractivity contribution in [2.45, 2.75) is 106 Å². The van der Waals surface area contributed by atoms with Gasteiger partial charge in [-0.3, -0.25) is 0 Å². The lowest BCUT2D eigenvalue weighted by atomic mass is 9.92. The first kappa shape index (κ1) is 29.7. The highest BCUT2D eigenvalue weighted by molar-refractivity contribution is 5.25. The van der Waals surface area contributed by atoms with Crippen molar-refractivity contribution in [1.29, 1.82) is 0 Å². The van der Waals surface area contributed by atoms with Crippen LogP contribution in [0, 0.1) is 11.8 Å². The normalized spacial score (nSPS) is 15.1. The van der Waals surface area contributed by atoms with Crippen LogP contribution in [-0.4, -0.2) is 24.0 Å². The third-order valence-corrected chi connectivity index (χ3v) is 6.46. The van der Waals surface area contributed by atoms with Crippen LogP contribution in [-0.2, 0) is 0 Å². The smallest absolute Gasteiger partial charge is 0.00976 e. The van der Waals surface area contributed by atoms with Crippen LogP contribution in [0.25, 0.3) is 0 Å². The topological polar surface area (TPSA) is 3.24 Å². The van der Waals surface area contributed by atoms with Crippen molar-refractivity contribution in [3.8, 4) is 0 Å². The molecule has 2 unspecified atom stereocenters. The molecule has 0 rings (SSSR count). The van der Waals surface area contributed by atoms with E-state index in [0.29, 0.717) is 5.92 Å². The van der Waals surface area contributed by atoms with E-state index in [-0.39, 0.29) is 0 Å². The van der Waals surface area contributed by atoms with Gasteiger partial charge in [-0.15, -0.1) is 6.58 Å². The standard InChI is InChI=1S/C30H53N/c1-10-14-15-17-27(8)28(9)19-21-29(12-3)20-18-26(7)22-23-31(13-4)30(16-11-2)24-25(5)6/h10,12,14-15,17,25,29-30H,3,7,11,13,16,18-24H2,1-2,4-6,8-9H3/b14-10+,17-15-,28-27+. The van der Waals surface area contributed by atoms with E-state index < -0.39 is 0 Å². The van der Waals surface area contributed by atoms with Crippen LogP contribution in [0.3, 0.4) is 0 Å². The minimum absolute atomic E-state index is 0.579. The first-order valence-corrected chi connectivity index (χ1v) is 12.8. The third kappa shape index (κ3) is 14.4. The average Bonchev–Trinajstić information content (AvgIpc) is 2.73. The summed E-state index contributed by atoms with van der Waals surface area (Å²) in [5.74, 6) is 1.34. The summed E-state index contributed by atoms with van der Waals surface area (Å²) in [6.07, 6.45) is 20.3. The summed E-state index contributed by atoms with van der Waals surface area (Å²) in [6.45, 7) is 26.7. The Morgan fingerprint density at radius 3 is 2.19 bits per heavy atom. The van der Waals surface area contributed by atoms with Crippen LogP contribution >= 0.6 is 0 Å². The van der Waals surface area contributed by atoms with Gasteiger partial charge in [-0.2, -0.15) is 0 Å². The number of rotatable bonds is 18. The highest BCUT2D eigenvalue weighted by atomic mass is 15.1. The quantitative estimate of drug-likeness (QED) is 0.155.